The summed E-state index contributed by atoms with van der Waals surface area (Å²) in [6.45, 7) is 3.55. The fourth-order valence-corrected chi connectivity index (χ4v) is 3.51. The molecule has 0 saturated heterocycles. The molecule has 0 unspecified atom stereocenters. The second-order valence-corrected chi connectivity index (χ2v) is 6.23. The predicted molar refractivity (Wildman–Crippen MR) is 84.4 cm³/mol. The van der Waals surface area contributed by atoms with Gasteiger partial charge in [-0.2, -0.15) is 0 Å². The Morgan fingerprint density at radius 3 is 3.00 bits per heavy atom. The third-order valence-corrected chi connectivity index (χ3v) is 4.89. The fourth-order valence-electron chi connectivity index (χ4n) is 2.10. The Kier molecular flexibility index (Phi) is 3.67. The largest absolute Gasteiger partial charge is 0.322 e. The summed E-state index contributed by atoms with van der Waals surface area (Å²) in [5, 5.41) is 4.68. The fraction of sp³-hybridized carbons (Fsp3) is 0.231. The molecule has 1 aromatic rings. The summed E-state index contributed by atoms with van der Waals surface area (Å²) in [6, 6.07) is 4.97. The first-order valence-electron chi connectivity index (χ1n) is 6.03. The molecule has 104 valence electrons. The van der Waals surface area contributed by atoms with Gasteiger partial charge in [-0.15, -0.1) is 0 Å². The number of allylic oxidation sites excluding steroid dienone is 1. The lowest BCUT2D eigenvalue weighted by atomic mass is 10.3. The molecule has 4 nitrogen and oxygen atoms in total. The minimum atomic E-state index is -0.186. The van der Waals surface area contributed by atoms with Gasteiger partial charge in [0.2, 0.25) is 0 Å². The smallest absolute Gasteiger partial charge is 0.264 e. The summed E-state index contributed by atoms with van der Waals surface area (Å²) >= 11 is 13.4. The van der Waals surface area contributed by atoms with E-state index in [1.54, 1.807) is 18.2 Å². The van der Waals surface area contributed by atoms with Crippen molar-refractivity contribution in [1.82, 2.24) is 4.90 Å². The molecule has 0 spiro atoms. The van der Waals surface area contributed by atoms with Crippen LogP contribution >= 0.6 is 35.0 Å². The van der Waals surface area contributed by atoms with Crippen LogP contribution < -0.4 is 5.32 Å². The van der Waals surface area contributed by atoms with Crippen molar-refractivity contribution in [2.24, 2.45) is 4.99 Å². The molecule has 20 heavy (non-hydrogen) atoms. The number of nitrogens with zero attached hydrogens (tertiary/aromatic N) is 2. The van der Waals surface area contributed by atoms with Crippen LogP contribution in [-0.2, 0) is 4.79 Å². The molecule has 1 amide bonds. The van der Waals surface area contributed by atoms with Gasteiger partial charge in [-0.1, -0.05) is 23.2 Å². The van der Waals surface area contributed by atoms with Crippen molar-refractivity contribution in [2.75, 3.05) is 18.4 Å². The highest BCUT2D eigenvalue weighted by atomic mass is 35.5. The molecule has 2 aliphatic rings. The number of fused-ring (bicyclic) bond motifs is 1. The van der Waals surface area contributed by atoms with Crippen molar-refractivity contribution in [3.63, 3.8) is 0 Å². The summed E-state index contributed by atoms with van der Waals surface area (Å²) in [6.07, 6.45) is 0. The van der Waals surface area contributed by atoms with E-state index in [-0.39, 0.29) is 5.91 Å². The lowest BCUT2D eigenvalue weighted by Crippen LogP contribution is -2.20. The predicted octanol–water partition coefficient (Wildman–Crippen LogP) is 3.58. The van der Waals surface area contributed by atoms with Crippen LogP contribution in [-0.4, -0.2) is 29.1 Å². The van der Waals surface area contributed by atoms with Gasteiger partial charge in [-0.3, -0.25) is 9.79 Å². The van der Waals surface area contributed by atoms with Crippen LogP contribution in [0, 0.1) is 0 Å². The molecule has 0 bridgehead atoms. The van der Waals surface area contributed by atoms with Gasteiger partial charge in [0.05, 0.1) is 22.2 Å². The summed E-state index contributed by atoms with van der Waals surface area (Å²) in [5.41, 5.74) is 1.45. The Morgan fingerprint density at radius 1 is 1.45 bits per heavy atom. The number of anilines is 1. The van der Waals surface area contributed by atoms with Crippen LogP contribution in [0.3, 0.4) is 0 Å². The molecule has 0 aliphatic carbocycles. The molecule has 2 aliphatic heterocycles. The van der Waals surface area contributed by atoms with Crippen molar-refractivity contribution in [1.29, 1.82) is 0 Å². The maximum Gasteiger partial charge on any atom is 0.264 e. The van der Waals surface area contributed by atoms with Crippen LogP contribution in [0.15, 0.2) is 33.8 Å². The quantitative estimate of drug-likeness (QED) is 0.902. The number of thioether (sulfide) groups is 1. The lowest BCUT2D eigenvalue weighted by molar-refractivity contribution is -0.112. The van der Waals surface area contributed by atoms with Gasteiger partial charge in [0.15, 0.2) is 5.17 Å². The SMILES string of the molecule is CC1=C(C(=O)Nc2cc(Cl)ccc2Cl)SC2=NCCN21. The normalized spacial score (nSPS) is 17.4. The number of carbonyl (C=O) groups is 1. The Hall–Kier alpha value is -1.17. The van der Waals surface area contributed by atoms with Crippen LogP contribution in [0.2, 0.25) is 10.0 Å². The lowest BCUT2D eigenvalue weighted by Gasteiger charge is -2.12. The number of benzene rings is 1. The minimum Gasteiger partial charge on any atom is -0.322 e. The first-order chi connectivity index (χ1) is 9.56. The summed E-state index contributed by atoms with van der Waals surface area (Å²) in [4.78, 5) is 19.4. The average molecular weight is 328 g/mol. The van der Waals surface area contributed by atoms with Crippen molar-refractivity contribution in [3.05, 3.63) is 38.8 Å². The van der Waals surface area contributed by atoms with E-state index in [4.69, 9.17) is 23.2 Å². The highest BCUT2D eigenvalue weighted by molar-refractivity contribution is 8.18. The van der Waals surface area contributed by atoms with Crippen LogP contribution in [0.25, 0.3) is 0 Å². The zero-order chi connectivity index (χ0) is 14.3. The third-order valence-electron chi connectivity index (χ3n) is 3.11. The van der Waals surface area contributed by atoms with Crippen molar-refractivity contribution >= 4 is 51.7 Å². The molecule has 0 radical (unpaired) electrons. The number of hydrogen-bond donors (Lipinski definition) is 1. The topological polar surface area (TPSA) is 44.7 Å². The molecule has 7 heteroatoms. The zero-order valence-corrected chi connectivity index (χ0v) is 12.9. The van der Waals surface area contributed by atoms with Crippen LogP contribution in [0.4, 0.5) is 5.69 Å². The first kappa shape index (κ1) is 13.8. The number of amidine groups is 1. The summed E-state index contributed by atoms with van der Waals surface area (Å²) in [5.74, 6) is -0.186. The van der Waals surface area contributed by atoms with E-state index in [1.165, 1.54) is 11.8 Å². The van der Waals surface area contributed by atoms with Gasteiger partial charge in [-0.05, 0) is 36.9 Å². The molecule has 3 rings (SSSR count). The number of rotatable bonds is 2. The maximum atomic E-state index is 12.3. The average Bonchev–Trinajstić information content (AvgIpc) is 2.97. The molecular weight excluding hydrogens is 317 g/mol. The molecular formula is C13H11Cl2N3OS. The number of aliphatic imine (C=N–C) groups is 1. The molecule has 1 aromatic carbocycles. The number of hydrogen-bond acceptors (Lipinski definition) is 4. The number of amides is 1. The molecule has 0 aromatic heterocycles. The maximum absolute atomic E-state index is 12.3. The van der Waals surface area contributed by atoms with E-state index in [1.807, 2.05) is 6.92 Å². The van der Waals surface area contributed by atoms with Gasteiger partial charge < -0.3 is 10.2 Å². The van der Waals surface area contributed by atoms with Gasteiger partial charge >= 0.3 is 0 Å². The van der Waals surface area contributed by atoms with Gasteiger partial charge in [0.1, 0.15) is 0 Å². The van der Waals surface area contributed by atoms with E-state index in [0.29, 0.717) is 20.6 Å². The Balaban J connectivity index is 1.82. The Labute approximate surface area is 130 Å². The van der Waals surface area contributed by atoms with Gasteiger partial charge in [0.25, 0.3) is 5.91 Å². The molecule has 0 saturated carbocycles. The van der Waals surface area contributed by atoms with E-state index in [0.717, 1.165) is 24.0 Å². The highest BCUT2D eigenvalue weighted by Crippen LogP contribution is 2.37. The zero-order valence-electron chi connectivity index (χ0n) is 10.6. The summed E-state index contributed by atoms with van der Waals surface area (Å²) < 4.78 is 0. The van der Waals surface area contributed by atoms with E-state index in [2.05, 4.69) is 15.2 Å². The van der Waals surface area contributed by atoms with E-state index in [9.17, 15) is 4.79 Å². The number of halogens is 2. The molecule has 0 fully saturated rings. The minimum absolute atomic E-state index is 0.186. The van der Waals surface area contributed by atoms with Crippen molar-refractivity contribution in [3.8, 4) is 0 Å². The molecule has 2 heterocycles. The standard InChI is InChI=1S/C13H11Cl2N3OS/c1-7-11(20-13-16-4-5-18(7)13)12(19)17-10-6-8(14)2-3-9(10)15/h2-3,6H,4-5H2,1H3,(H,17,19). The molecule has 1 N–H and O–H groups in total. The Bertz CT molecular complexity index is 657. The van der Waals surface area contributed by atoms with E-state index >= 15 is 0 Å². The third kappa shape index (κ3) is 2.41. The second kappa shape index (κ2) is 5.31. The Morgan fingerprint density at radius 2 is 2.25 bits per heavy atom. The van der Waals surface area contributed by atoms with Gasteiger partial charge in [-0.25, -0.2) is 0 Å². The van der Waals surface area contributed by atoms with E-state index < -0.39 is 0 Å². The van der Waals surface area contributed by atoms with Crippen LogP contribution in [0.5, 0.6) is 0 Å². The number of carbonyl (C=O) groups excluding carboxylic acids is 1. The van der Waals surface area contributed by atoms with Crippen molar-refractivity contribution in [2.45, 2.75) is 6.92 Å². The molecule has 0 atom stereocenters. The summed E-state index contributed by atoms with van der Waals surface area (Å²) in [7, 11) is 0. The second-order valence-electron chi connectivity index (χ2n) is 4.41. The highest BCUT2D eigenvalue weighted by Gasteiger charge is 2.33. The monoisotopic (exact) mass is 327 g/mol. The van der Waals surface area contributed by atoms with Gasteiger partial charge in [0, 0.05) is 17.3 Å². The van der Waals surface area contributed by atoms with Crippen molar-refractivity contribution < 1.29 is 4.79 Å². The number of nitrogens with one attached hydrogen (secondary N) is 1. The first-order valence-corrected chi connectivity index (χ1v) is 7.60. The van der Waals surface area contributed by atoms with Crippen LogP contribution in [0.1, 0.15) is 6.92 Å².